The van der Waals surface area contributed by atoms with E-state index in [0.29, 0.717) is 5.69 Å². The molecule has 1 aromatic carbocycles. The maximum absolute atomic E-state index is 11.7. The third-order valence-electron chi connectivity index (χ3n) is 5.71. The Labute approximate surface area is 171 Å². The number of anilines is 3. The first-order valence-electron chi connectivity index (χ1n) is 10.1. The molecule has 154 valence electrons. The van der Waals surface area contributed by atoms with Crippen LogP contribution in [-0.2, 0) is 4.79 Å². The van der Waals surface area contributed by atoms with Crippen LogP contribution < -0.4 is 20.9 Å². The van der Waals surface area contributed by atoms with Crippen LogP contribution in [0.4, 0.5) is 17.5 Å². The van der Waals surface area contributed by atoms with Crippen molar-refractivity contribution in [3.63, 3.8) is 0 Å². The van der Waals surface area contributed by atoms with Gasteiger partial charge in [-0.25, -0.2) is 4.98 Å². The van der Waals surface area contributed by atoms with Crippen LogP contribution in [0.2, 0.25) is 0 Å². The summed E-state index contributed by atoms with van der Waals surface area (Å²) in [5.41, 5.74) is 7.67. The average Bonchev–Trinajstić information content (AvgIpc) is 3.07. The molecule has 2 saturated heterocycles. The van der Waals surface area contributed by atoms with Crippen molar-refractivity contribution in [3.05, 3.63) is 30.9 Å². The Bertz CT molecular complexity index is 934. The first kappa shape index (κ1) is 19.6. The predicted octanol–water partition coefficient (Wildman–Crippen LogP) is 1.43. The summed E-state index contributed by atoms with van der Waals surface area (Å²) in [5.74, 6) is 1.41. The van der Waals surface area contributed by atoms with Crippen LogP contribution in [0.5, 0.6) is 0 Å². The second-order valence-electron chi connectivity index (χ2n) is 8.39. The quantitative estimate of drug-likeness (QED) is 0.757. The molecule has 0 aliphatic carbocycles. The zero-order valence-corrected chi connectivity index (χ0v) is 17.2. The number of fused-ring (bicyclic) bond motifs is 1. The SMILES string of the molecule is C=CC(=O)Nc1ccc2c(N3CC[C@@](C)(N)C3)nc(N3CCN(C)CC3)nc2c1. The van der Waals surface area contributed by atoms with Gasteiger partial charge in [0.15, 0.2) is 0 Å². The smallest absolute Gasteiger partial charge is 0.247 e. The van der Waals surface area contributed by atoms with Gasteiger partial charge in [0.05, 0.1) is 5.52 Å². The van der Waals surface area contributed by atoms with E-state index in [0.717, 1.165) is 68.4 Å². The van der Waals surface area contributed by atoms with Gasteiger partial charge in [0, 0.05) is 55.9 Å². The molecule has 8 nitrogen and oxygen atoms in total. The van der Waals surface area contributed by atoms with Gasteiger partial charge in [-0.3, -0.25) is 4.79 Å². The van der Waals surface area contributed by atoms with Crippen molar-refractivity contribution in [3.8, 4) is 0 Å². The fourth-order valence-electron chi connectivity index (χ4n) is 3.93. The molecule has 1 atom stereocenters. The highest BCUT2D eigenvalue weighted by molar-refractivity contribution is 6.01. The highest BCUT2D eigenvalue weighted by Crippen LogP contribution is 2.32. The fourth-order valence-corrected chi connectivity index (χ4v) is 3.93. The van der Waals surface area contributed by atoms with E-state index in [1.807, 2.05) is 18.2 Å². The molecule has 2 aromatic rings. The Morgan fingerprint density at radius 2 is 1.97 bits per heavy atom. The van der Waals surface area contributed by atoms with Gasteiger partial charge in [0.25, 0.3) is 0 Å². The molecule has 2 aliphatic rings. The van der Waals surface area contributed by atoms with E-state index in [1.165, 1.54) is 6.08 Å². The van der Waals surface area contributed by atoms with E-state index in [2.05, 4.69) is 40.6 Å². The maximum Gasteiger partial charge on any atom is 0.247 e. The van der Waals surface area contributed by atoms with Crippen LogP contribution in [-0.4, -0.2) is 72.6 Å². The number of carbonyl (C=O) groups is 1. The first-order chi connectivity index (χ1) is 13.8. The largest absolute Gasteiger partial charge is 0.354 e. The summed E-state index contributed by atoms with van der Waals surface area (Å²) in [5, 5.41) is 3.79. The van der Waals surface area contributed by atoms with Crippen molar-refractivity contribution in [1.82, 2.24) is 14.9 Å². The molecule has 0 bridgehead atoms. The lowest BCUT2D eigenvalue weighted by Gasteiger charge is -2.33. The molecule has 3 heterocycles. The molecule has 2 aliphatic heterocycles. The number of nitrogens with two attached hydrogens (primary N) is 1. The van der Waals surface area contributed by atoms with E-state index in [1.54, 1.807) is 0 Å². The third kappa shape index (κ3) is 4.18. The molecule has 1 aromatic heterocycles. The van der Waals surface area contributed by atoms with Crippen LogP contribution in [0.1, 0.15) is 13.3 Å². The zero-order chi connectivity index (χ0) is 20.6. The number of nitrogens with one attached hydrogen (secondary N) is 1. The number of hydrogen-bond donors (Lipinski definition) is 2. The maximum atomic E-state index is 11.7. The molecule has 8 heteroatoms. The standard InChI is InChI=1S/C21H29N7O/c1-4-18(29)23-15-5-6-16-17(13-15)24-20(27-11-9-26(3)10-12-27)25-19(16)28-8-7-21(2,22)14-28/h4-6,13H,1,7-12,14,22H2,2-3H3,(H,23,29)/t21-/m1/s1. The van der Waals surface area contributed by atoms with Gasteiger partial charge >= 0.3 is 0 Å². The Balaban J connectivity index is 1.76. The van der Waals surface area contributed by atoms with Gasteiger partial charge < -0.3 is 25.8 Å². The van der Waals surface area contributed by atoms with Crippen LogP contribution in [0, 0.1) is 0 Å². The minimum atomic E-state index is -0.239. The summed E-state index contributed by atoms with van der Waals surface area (Å²) in [6, 6.07) is 5.76. The van der Waals surface area contributed by atoms with Gasteiger partial charge in [-0.2, -0.15) is 4.98 Å². The lowest BCUT2D eigenvalue weighted by molar-refractivity contribution is -0.111. The minimum Gasteiger partial charge on any atom is -0.354 e. The molecule has 0 saturated carbocycles. The zero-order valence-electron chi connectivity index (χ0n) is 17.2. The van der Waals surface area contributed by atoms with E-state index in [-0.39, 0.29) is 11.4 Å². The van der Waals surface area contributed by atoms with Crippen molar-refractivity contribution in [2.24, 2.45) is 5.73 Å². The number of carbonyl (C=O) groups excluding carboxylic acids is 1. The molecule has 0 unspecified atom stereocenters. The van der Waals surface area contributed by atoms with Crippen molar-refractivity contribution < 1.29 is 4.79 Å². The van der Waals surface area contributed by atoms with Crippen LogP contribution in [0.15, 0.2) is 30.9 Å². The van der Waals surface area contributed by atoms with Gasteiger partial charge in [0.2, 0.25) is 11.9 Å². The number of piperazine rings is 1. The number of rotatable bonds is 4. The van der Waals surface area contributed by atoms with Gasteiger partial charge in [-0.15, -0.1) is 0 Å². The first-order valence-corrected chi connectivity index (χ1v) is 10.1. The Morgan fingerprint density at radius 3 is 2.62 bits per heavy atom. The second-order valence-corrected chi connectivity index (χ2v) is 8.39. The van der Waals surface area contributed by atoms with Gasteiger partial charge in [-0.1, -0.05) is 6.58 Å². The van der Waals surface area contributed by atoms with E-state index in [4.69, 9.17) is 15.7 Å². The number of aromatic nitrogens is 2. The highest BCUT2D eigenvalue weighted by Gasteiger charge is 2.32. The average molecular weight is 396 g/mol. The summed E-state index contributed by atoms with van der Waals surface area (Å²) in [6.45, 7) is 11.0. The molecule has 4 rings (SSSR count). The topological polar surface area (TPSA) is 90.6 Å². The van der Waals surface area contributed by atoms with Gasteiger partial charge in [-0.05, 0) is 44.7 Å². The number of nitrogens with zero attached hydrogens (tertiary/aromatic N) is 5. The van der Waals surface area contributed by atoms with Crippen LogP contribution >= 0.6 is 0 Å². The molecule has 29 heavy (non-hydrogen) atoms. The molecular formula is C21H29N7O. The highest BCUT2D eigenvalue weighted by atomic mass is 16.1. The number of benzene rings is 1. The van der Waals surface area contributed by atoms with Crippen LogP contribution in [0.25, 0.3) is 10.9 Å². The normalized spacial score (nSPS) is 22.9. The van der Waals surface area contributed by atoms with E-state index >= 15 is 0 Å². The predicted molar refractivity (Wildman–Crippen MR) is 117 cm³/mol. The fraction of sp³-hybridized carbons (Fsp3) is 0.476. The number of amides is 1. The lowest BCUT2D eigenvalue weighted by Crippen LogP contribution is -2.45. The summed E-state index contributed by atoms with van der Waals surface area (Å²) < 4.78 is 0. The number of hydrogen-bond acceptors (Lipinski definition) is 7. The molecule has 1 amide bonds. The van der Waals surface area contributed by atoms with Crippen molar-refractivity contribution in [2.75, 3.05) is 61.4 Å². The Morgan fingerprint density at radius 1 is 1.21 bits per heavy atom. The van der Waals surface area contributed by atoms with Crippen molar-refractivity contribution in [1.29, 1.82) is 0 Å². The monoisotopic (exact) mass is 395 g/mol. The van der Waals surface area contributed by atoms with Crippen molar-refractivity contribution >= 4 is 34.3 Å². The third-order valence-corrected chi connectivity index (χ3v) is 5.71. The molecular weight excluding hydrogens is 366 g/mol. The molecule has 2 fully saturated rings. The minimum absolute atomic E-state index is 0.219. The molecule has 3 N–H and O–H groups in total. The molecule has 0 spiro atoms. The Kier molecular flexibility index (Phi) is 5.14. The lowest BCUT2D eigenvalue weighted by atomic mass is 10.0. The summed E-state index contributed by atoms with van der Waals surface area (Å²) in [6.07, 6.45) is 2.19. The summed E-state index contributed by atoms with van der Waals surface area (Å²) >= 11 is 0. The second kappa shape index (κ2) is 7.61. The van der Waals surface area contributed by atoms with E-state index < -0.39 is 0 Å². The van der Waals surface area contributed by atoms with Gasteiger partial charge in [0.1, 0.15) is 5.82 Å². The van der Waals surface area contributed by atoms with Crippen LogP contribution in [0.3, 0.4) is 0 Å². The summed E-state index contributed by atoms with van der Waals surface area (Å²) in [7, 11) is 2.13. The van der Waals surface area contributed by atoms with E-state index in [9.17, 15) is 4.79 Å². The Hall–Kier alpha value is -2.71. The molecule has 0 radical (unpaired) electrons. The number of likely N-dealkylation sites (N-methyl/N-ethyl adjacent to an activating group) is 1. The summed E-state index contributed by atoms with van der Waals surface area (Å²) in [4.78, 5) is 28.3. The van der Waals surface area contributed by atoms with Crippen molar-refractivity contribution in [2.45, 2.75) is 18.9 Å².